The van der Waals surface area contributed by atoms with Crippen LogP contribution in [0.15, 0.2) is 152 Å². The van der Waals surface area contributed by atoms with Gasteiger partial charge < -0.3 is 9.47 Å². The van der Waals surface area contributed by atoms with Crippen LogP contribution < -0.4 is 4.90 Å². The number of fused-ring (bicyclic) bond motifs is 6. The highest BCUT2D eigenvalue weighted by atomic mass is 15.2. The Kier molecular flexibility index (Phi) is 6.70. The molecule has 6 aromatic carbocycles. The summed E-state index contributed by atoms with van der Waals surface area (Å²) < 4.78 is 2.02. The molecule has 2 heterocycles. The molecule has 7 aromatic rings. The van der Waals surface area contributed by atoms with Gasteiger partial charge in [-0.25, -0.2) is 0 Å². The number of allylic oxidation sites excluding steroid dienone is 2. The van der Waals surface area contributed by atoms with Gasteiger partial charge in [0.25, 0.3) is 0 Å². The van der Waals surface area contributed by atoms with Gasteiger partial charge in [-0.1, -0.05) is 103 Å². The van der Waals surface area contributed by atoms with E-state index < -0.39 is 0 Å². The Morgan fingerprint density at radius 2 is 1.28 bits per heavy atom. The molecule has 232 valence electrons. The van der Waals surface area contributed by atoms with Crippen molar-refractivity contribution in [1.82, 2.24) is 4.57 Å². The Bertz CT molecular complexity index is 2710. The summed E-state index contributed by atoms with van der Waals surface area (Å²) >= 11 is 0. The van der Waals surface area contributed by atoms with Crippen molar-refractivity contribution in [2.75, 3.05) is 4.90 Å². The van der Waals surface area contributed by atoms with Gasteiger partial charge in [0.2, 0.25) is 0 Å². The Hall–Kier alpha value is -7.13. The molecule has 50 heavy (non-hydrogen) atoms. The Morgan fingerprint density at radius 1 is 0.540 bits per heavy atom. The quantitative estimate of drug-likeness (QED) is 0.192. The third-order valence-electron chi connectivity index (χ3n) is 10.0. The summed E-state index contributed by atoms with van der Waals surface area (Å²) in [6.07, 6.45) is 8.88. The molecule has 0 radical (unpaired) electrons. The summed E-state index contributed by atoms with van der Waals surface area (Å²) in [5.41, 5.74) is 11.8. The van der Waals surface area contributed by atoms with Crippen LogP contribution >= 0.6 is 0 Å². The van der Waals surface area contributed by atoms with Crippen molar-refractivity contribution in [3.8, 4) is 46.1 Å². The van der Waals surface area contributed by atoms with Crippen LogP contribution in [0.4, 0.5) is 11.4 Å². The molecule has 9 rings (SSSR count). The normalized spacial score (nSPS) is 15.7. The van der Waals surface area contributed by atoms with Crippen LogP contribution in [0.5, 0.6) is 0 Å². The summed E-state index contributed by atoms with van der Waals surface area (Å²) in [5.74, 6) is 0.308. The van der Waals surface area contributed by atoms with Gasteiger partial charge in [0, 0.05) is 39.3 Å². The molecule has 1 aliphatic heterocycles. The number of benzene rings is 6. The number of para-hydroxylation sites is 3. The fourth-order valence-corrected chi connectivity index (χ4v) is 7.84. The number of hydrogen-bond acceptors (Lipinski definition) is 4. The lowest BCUT2D eigenvalue weighted by molar-refractivity contribution is 0.745. The number of nitriles is 3. The first kappa shape index (κ1) is 29.0. The molecule has 1 aromatic heterocycles. The van der Waals surface area contributed by atoms with Gasteiger partial charge in [-0.05, 0) is 70.8 Å². The van der Waals surface area contributed by atoms with Crippen molar-refractivity contribution in [3.05, 3.63) is 174 Å². The molecule has 0 bridgehead atoms. The van der Waals surface area contributed by atoms with Gasteiger partial charge >= 0.3 is 0 Å². The molecule has 5 nitrogen and oxygen atoms in total. The van der Waals surface area contributed by atoms with E-state index in [0.29, 0.717) is 22.6 Å². The van der Waals surface area contributed by atoms with Crippen molar-refractivity contribution in [1.29, 1.82) is 15.8 Å². The Balaban J connectivity index is 1.12. The highest BCUT2D eigenvalue weighted by Crippen LogP contribution is 2.49. The SMILES string of the molecule is N#Cc1ccc2c(c1)c1cccc(C#N)c1n2-c1ccc(-c2ccc(-c3ccccc3N3c4ccccc4[C@@H]4C=CC=CC43)cc2)c(C#N)c1. The third-order valence-corrected chi connectivity index (χ3v) is 10.0. The average molecular weight is 638 g/mol. The van der Waals surface area contributed by atoms with Gasteiger partial charge in [0.15, 0.2) is 0 Å². The summed E-state index contributed by atoms with van der Waals surface area (Å²) in [7, 11) is 0. The second-order valence-corrected chi connectivity index (χ2v) is 12.6. The van der Waals surface area contributed by atoms with Crippen LogP contribution in [0.2, 0.25) is 0 Å². The third kappa shape index (κ3) is 4.37. The monoisotopic (exact) mass is 637 g/mol. The minimum atomic E-state index is 0.210. The van der Waals surface area contributed by atoms with Crippen LogP contribution in [0.1, 0.15) is 28.2 Å². The van der Waals surface area contributed by atoms with Crippen LogP contribution in [0.25, 0.3) is 49.7 Å². The van der Waals surface area contributed by atoms with Crippen molar-refractivity contribution in [3.63, 3.8) is 0 Å². The largest absolute Gasteiger partial charge is 0.333 e. The molecule has 1 unspecified atom stereocenters. The second kappa shape index (κ2) is 11.5. The zero-order chi connectivity index (χ0) is 33.8. The van der Waals surface area contributed by atoms with Gasteiger partial charge in [-0.15, -0.1) is 0 Å². The highest BCUT2D eigenvalue weighted by molar-refractivity contribution is 6.11. The van der Waals surface area contributed by atoms with E-state index in [9.17, 15) is 15.8 Å². The zero-order valence-electron chi connectivity index (χ0n) is 26.8. The smallest absolute Gasteiger partial charge is 0.101 e. The van der Waals surface area contributed by atoms with Crippen molar-refractivity contribution in [2.24, 2.45) is 0 Å². The summed E-state index contributed by atoms with van der Waals surface area (Å²) in [6, 6.07) is 50.0. The Labute approximate surface area is 289 Å². The summed E-state index contributed by atoms with van der Waals surface area (Å²) in [6.45, 7) is 0. The predicted octanol–water partition coefficient (Wildman–Crippen LogP) is 10.5. The maximum absolute atomic E-state index is 10.4. The van der Waals surface area contributed by atoms with E-state index in [0.717, 1.165) is 55.4 Å². The van der Waals surface area contributed by atoms with Crippen molar-refractivity contribution >= 4 is 33.2 Å². The standard InChI is InChI=1S/C45H27N5/c46-26-29-16-23-44-40(24-29)39-12-7-8-32(27-47)45(39)49(44)34-21-22-35(33(25-34)28-48)30-17-19-31(20-18-30)36-9-1-4-13-41(36)50-42-14-5-2-10-37(42)38-11-3-6-15-43(38)50/h1-25,37,42H/t37-,42?/m0/s1. The lowest BCUT2D eigenvalue weighted by Crippen LogP contribution is -2.28. The second-order valence-electron chi connectivity index (χ2n) is 12.6. The van der Waals surface area contributed by atoms with Crippen LogP contribution in [0.3, 0.4) is 0 Å². The van der Waals surface area contributed by atoms with Crippen LogP contribution in [-0.4, -0.2) is 10.6 Å². The van der Waals surface area contributed by atoms with E-state index in [2.05, 4.69) is 120 Å². The van der Waals surface area contributed by atoms with Crippen molar-refractivity contribution < 1.29 is 0 Å². The minimum Gasteiger partial charge on any atom is -0.333 e. The summed E-state index contributed by atoms with van der Waals surface area (Å²) in [4.78, 5) is 2.46. The van der Waals surface area contributed by atoms with Gasteiger partial charge in [-0.2, -0.15) is 15.8 Å². The van der Waals surface area contributed by atoms with E-state index in [1.165, 1.54) is 11.3 Å². The van der Waals surface area contributed by atoms with E-state index in [1.807, 2.05) is 47.0 Å². The molecule has 5 heteroatoms. The molecule has 0 spiro atoms. The number of hydrogen-bond donors (Lipinski definition) is 0. The van der Waals surface area contributed by atoms with Gasteiger partial charge in [-0.3, -0.25) is 0 Å². The van der Waals surface area contributed by atoms with E-state index >= 15 is 0 Å². The topological polar surface area (TPSA) is 79.5 Å². The molecule has 0 saturated carbocycles. The number of anilines is 2. The molecule has 0 saturated heterocycles. The predicted molar refractivity (Wildman–Crippen MR) is 199 cm³/mol. The highest BCUT2D eigenvalue weighted by Gasteiger charge is 2.37. The lowest BCUT2D eigenvalue weighted by Gasteiger charge is -2.30. The minimum absolute atomic E-state index is 0.210. The first-order valence-corrected chi connectivity index (χ1v) is 16.5. The molecule has 0 fully saturated rings. The van der Waals surface area contributed by atoms with E-state index in [4.69, 9.17) is 0 Å². The van der Waals surface area contributed by atoms with Crippen LogP contribution in [-0.2, 0) is 0 Å². The summed E-state index contributed by atoms with van der Waals surface area (Å²) in [5, 5.41) is 31.8. The molecule has 0 amide bonds. The number of nitrogens with zero attached hydrogens (tertiary/aromatic N) is 5. The molecule has 2 aliphatic rings. The molecule has 2 atom stereocenters. The number of rotatable bonds is 4. The van der Waals surface area contributed by atoms with E-state index in [-0.39, 0.29) is 6.04 Å². The fourth-order valence-electron chi connectivity index (χ4n) is 7.84. The first-order valence-electron chi connectivity index (χ1n) is 16.5. The van der Waals surface area contributed by atoms with Gasteiger partial charge in [0.05, 0.1) is 45.9 Å². The Morgan fingerprint density at radius 3 is 2.08 bits per heavy atom. The van der Waals surface area contributed by atoms with Crippen molar-refractivity contribution in [2.45, 2.75) is 12.0 Å². The number of aromatic nitrogens is 1. The van der Waals surface area contributed by atoms with E-state index in [1.54, 1.807) is 12.1 Å². The molecular formula is C45H27N5. The fraction of sp³-hybridized carbons (Fsp3) is 0.0444. The zero-order valence-corrected chi connectivity index (χ0v) is 26.8. The molecule has 1 aliphatic carbocycles. The van der Waals surface area contributed by atoms with Crippen LogP contribution in [0, 0.1) is 34.0 Å². The average Bonchev–Trinajstić information content (AvgIpc) is 3.70. The molecule has 0 N–H and O–H groups in total. The maximum Gasteiger partial charge on any atom is 0.101 e. The van der Waals surface area contributed by atoms with Gasteiger partial charge in [0.1, 0.15) is 6.07 Å². The first-order chi connectivity index (χ1) is 24.7. The lowest BCUT2D eigenvalue weighted by atomic mass is 9.91. The maximum atomic E-state index is 10.4. The molecular weight excluding hydrogens is 611 g/mol.